The zero-order valence-corrected chi connectivity index (χ0v) is 27.4. The number of Topliss-reactive ketones (excluding diaryl/α,β-unsaturated/α-hetero) is 1. The van der Waals surface area contributed by atoms with E-state index in [-0.39, 0.29) is 17.0 Å². The van der Waals surface area contributed by atoms with Gasteiger partial charge in [-0.1, -0.05) is 159 Å². The van der Waals surface area contributed by atoms with Gasteiger partial charge in [0.2, 0.25) is 0 Å². The Morgan fingerprint density at radius 2 is 0.978 bits per heavy atom. The quantitative estimate of drug-likeness (QED) is 0.0921. The van der Waals surface area contributed by atoms with Crippen molar-refractivity contribution in [2.45, 2.75) is 45.6 Å². The summed E-state index contributed by atoms with van der Waals surface area (Å²) < 4.78 is 6.21. The van der Waals surface area contributed by atoms with E-state index in [1.807, 2.05) is 112 Å². The molecule has 0 spiro atoms. The minimum Gasteiger partial charge on any atom is -0.456 e. The third kappa shape index (κ3) is 7.11. The van der Waals surface area contributed by atoms with E-state index in [0.29, 0.717) is 6.42 Å². The lowest BCUT2D eigenvalue weighted by atomic mass is 9.80. The zero-order chi connectivity index (χ0) is 31.9. The topological polar surface area (TPSA) is 43.4 Å². The zero-order valence-electron chi connectivity index (χ0n) is 26.5. The molecule has 0 bridgehead atoms. The van der Waals surface area contributed by atoms with Gasteiger partial charge in [0.25, 0.3) is 0 Å². The first-order valence-corrected chi connectivity index (χ1v) is 17.3. The number of ketones is 1. The predicted octanol–water partition coefficient (Wildman–Crippen LogP) is 7.73. The minimum absolute atomic E-state index is 0.166. The first-order chi connectivity index (χ1) is 21.7. The molecule has 0 aromatic heterocycles. The number of esters is 1. The molecular weight excluding hydrogens is 571 g/mol. The molecule has 0 heterocycles. The number of carbonyl (C=O) groups excluding carboxylic acids is 2. The lowest BCUT2D eigenvalue weighted by Gasteiger charge is -2.34. The van der Waals surface area contributed by atoms with E-state index in [9.17, 15) is 4.79 Å². The van der Waals surface area contributed by atoms with Crippen molar-refractivity contribution in [3.63, 3.8) is 0 Å². The van der Waals surface area contributed by atoms with Crippen LogP contribution in [0.25, 0.3) is 0 Å². The molecule has 0 aliphatic heterocycles. The lowest BCUT2D eigenvalue weighted by Crippen LogP contribution is -2.43. The van der Waals surface area contributed by atoms with Gasteiger partial charge in [0.1, 0.15) is 10.9 Å². The van der Waals surface area contributed by atoms with Crippen molar-refractivity contribution in [1.29, 1.82) is 0 Å². The molecule has 0 fully saturated rings. The maximum absolute atomic E-state index is 15.6. The Balaban J connectivity index is 1.92. The fourth-order valence-corrected chi connectivity index (χ4v) is 10.4. The third-order valence-corrected chi connectivity index (χ3v) is 12.4. The Labute approximate surface area is 267 Å². The molecule has 2 atom stereocenters. The molecule has 4 heteroatoms. The molecule has 45 heavy (non-hydrogen) atoms. The molecule has 0 N–H and O–H groups in total. The highest BCUT2D eigenvalue weighted by molar-refractivity contribution is 7.97. The Bertz CT molecular complexity index is 1660. The van der Waals surface area contributed by atoms with Crippen LogP contribution in [0.1, 0.15) is 44.7 Å². The second kappa shape index (κ2) is 14.1. The van der Waals surface area contributed by atoms with Gasteiger partial charge in [-0.2, -0.15) is 0 Å². The van der Waals surface area contributed by atoms with Crippen LogP contribution in [-0.2, 0) is 20.7 Å². The second-order valence-corrected chi connectivity index (χ2v) is 15.7. The summed E-state index contributed by atoms with van der Waals surface area (Å²) in [6.07, 6.45) is 0.487. The number of hydrogen-bond donors (Lipinski definition) is 0. The van der Waals surface area contributed by atoms with E-state index < -0.39 is 24.4 Å². The van der Waals surface area contributed by atoms with E-state index in [4.69, 9.17) is 4.74 Å². The summed E-state index contributed by atoms with van der Waals surface area (Å²) in [5.74, 6) is -1.42. The summed E-state index contributed by atoms with van der Waals surface area (Å²) in [6, 6.07) is 50.4. The largest absolute Gasteiger partial charge is 0.456 e. The van der Waals surface area contributed by atoms with Crippen molar-refractivity contribution in [3.05, 3.63) is 163 Å². The highest BCUT2D eigenvalue weighted by Gasteiger charge is 2.42. The lowest BCUT2D eigenvalue weighted by molar-refractivity contribution is -0.146. The van der Waals surface area contributed by atoms with Crippen LogP contribution in [0.15, 0.2) is 152 Å². The minimum atomic E-state index is -3.06. The second-order valence-electron chi connectivity index (χ2n) is 12.4. The average molecular weight is 613 g/mol. The van der Waals surface area contributed by atoms with E-state index in [1.165, 1.54) is 0 Å². The smallest absolute Gasteiger partial charge is 0.343 e. The van der Waals surface area contributed by atoms with E-state index in [1.54, 1.807) is 0 Å². The van der Waals surface area contributed by atoms with Crippen LogP contribution < -0.4 is 15.9 Å². The van der Waals surface area contributed by atoms with Crippen molar-refractivity contribution in [2.75, 3.05) is 0 Å². The van der Waals surface area contributed by atoms with E-state index in [2.05, 4.69) is 67.6 Å². The number of ether oxygens (including phenoxy) is 1. The Hall–Kier alpha value is -4.46. The molecule has 2 unspecified atom stereocenters. The van der Waals surface area contributed by atoms with Gasteiger partial charge < -0.3 is 4.74 Å². The van der Waals surface area contributed by atoms with Crippen LogP contribution in [-0.4, -0.2) is 22.6 Å². The Morgan fingerprint density at radius 3 is 1.38 bits per heavy atom. The summed E-state index contributed by atoms with van der Waals surface area (Å²) in [5.41, 5.74) is 1.30. The number of hydrogen-bond acceptors (Lipinski definition) is 3. The Kier molecular flexibility index (Phi) is 10.0. The van der Waals surface area contributed by atoms with Gasteiger partial charge in [-0.05, 0) is 67.0 Å². The molecule has 5 rings (SSSR count). The first kappa shape index (κ1) is 31.9. The van der Waals surface area contributed by atoms with Crippen molar-refractivity contribution >= 4 is 39.8 Å². The molecule has 5 aromatic carbocycles. The molecule has 0 saturated heterocycles. The number of rotatable bonds is 10. The molecule has 3 nitrogen and oxygen atoms in total. The first-order valence-electron chi connectivity index (χ1n) is 15.5. The summed E-state index contributed by atoms with van der Waals surface area (Å²) in [6.45, 7) is 4.61. The van der Waals surface area contributed by atoms with Gasteiger partial charge in [0, 0.05) is 5.92 Å². The van der Waals surface area contributed by atoms with Crippen molar-refractivity contribution in [1.82, 2.24) is 0 Å². The molecule has 0 radical (unpaired) electrons. The van der Waals surface area contributed by atoms with Crippen molar-refractivity contribution in [2.24, 2.45) is 5.92 Å². The maximum atomic E-state index is 15.6. The third-order valence-electron chi connectivity index (χ3n) is 8.16. The van der Waals surface area contributed by atoms with Gasteiger partial charge in [0.15, 0.2) is 5.78 Å². The molecule has 228 valence electrons. The fraction of sp³-hybridized carbons (Fsp3) is 0.195. The molecule has 0 aliphatic rings. The van der Waals surface area contributed by atoms with Crippen LogP contribution in [0.4, 0.5) is 0 Å². The molecule has 0 aliphatic carbocycles. The van der Waals surface area contributed by atoms with Gasteiger partial charge in [-0.25, -0.2) is 4.79 Å². The van der Waals surface area contributed by atoms with Crippen LogP contribution in [0, 0.1) is 5.92 Å². The van der Waals surface area contributed by atoms with Crippen LogP contribution in [0.5, 0.6) is 0 Å². The van der Waals surface area contributed by atoms with Crippen molar-refractivity contribution < 1.29 is 14.3 Å². The number of benzene rings is 5. The number of carbonyl (C=O) groups is 2. The van der Waals surface area contributed by atoms with Crippen LogP contribution in [0.3, 0.4) is 0 Å². The molecule has 0 saturated carbocycles. The maximum Gasteiger partial charge on any atom is 0.343 e. The van der Waals surface area contributed by atoms with Gasteiger partial charge in [-0.15, -0.1) is 0 Å². The van der Waals surface area contributed by atoms with Crippen LogP contribution >= 0.6 is 6.89 Å². The standard InChI is InChI=1S/C41H41O3P/c1-31(33-22-12-6-13-23-33)37(30-32-20-10-5-11-21-32)38(42)39(40(43)44-41(2,3)4)45(34-24-14-7-15-25-34,35-26-16-8-17-27-35)36-28-18-9-19-29-36/h5-29,31,37H,30H2,1-4H3. The summed E-state index contributed by atoms with van der Waals surface area (Å²) in [7, 11) is 0. The highest BCUT2D eigenvalue weighted by atomic mass is 31.2. The average Bonchev–Trinajstić information content (AvgIpc) is 3.06. The van der Waals surface area contributed by atoms with Crippen LogP contribution in [0.2, 0.25) is 0 Å². The summed E-state index contributed by atoms with van der Waals surface area (Å²) in [4.78, 5) is 30.5. The molecule has 0 amide bonds. The monoisotopic (exact) mass is 612 g/mol. The molecule has 5 aromatic rings. The van der Waals surface area contributed by atoms with E-state index in [0.717, 1.165) is 27.0 Å². The van der Waals surface area contributed by atoms with Gasteiger partial charge in [0.05, 0.1) is 0 Å². The van der Waals surface area contributed by atoms with Crippen molar-refractivity contribution in [3.8, 4) is 0 Å². The molecular formula is C41H41O3P. The summed E-state index contributed by atoms with van der Waals surface area (Å²) in [5, 5.41) is 3.03. The SMILES string of the molecule is CC(c1ccccc1)C(Cc1ccccc1)C(=O)C(C(=O)OC(C)(C)C)=P(c1ccccc1)(c1ccccc1)c1ccccc1. The fourth-order valence-electron chi connectivity index (χ4n) is 6.05. The Morgan fingerprint density at radius 1 is 0.600 bits per heavy atom. The predicted molar refractivity (Wildman–Crippen MR) is 189 cm³/mol. The van der Waals surface area contributed by atoms with Gasteiger partial charge >= 0.3 is 5.97 Å². The normalized spacial score (nSPS) is 13.0. The summed E-state index contributed by atoms with van der Waals surface area (Å²) >= 11 is 0. The van der Waals surface area contributed by atoms with Gasteiger partial charge in [-0.3, -0.25) is 4.79 Å². The van der Waals surface area contributed by atoms with E-state index >= 15 is 4.79 Å². The highest BCUT2D eigenvalue weighted by Crippen LogP contribution is 2.48.